The van der Waals surface area contributed by atoms with Gasteiger partial charge in [-0.2, -0.15) is 0 Å². The molecule has 2 aromatic heterocycles. The Morgan fingerprint density at radius 1 is 0.750 bits per heavy atom. The lowest BCUT2D eigenvalue weighted by molar-refractivity contribution is 0.626. The molecule has 0 aliphatic heterocycles. The Balaban J connectivity index is 1.75. The first-order valence-electron chi connectivity index (χ1n) is 10.2. The number of aromatic nitrogens is 4. The molecule has 2 heterocycles. The first kappa shape index (κ1) is 19.7. The third-order valence-electron chi connectivity index (χ3n) is 5.36. The number of hydrogen-bond acceptors (Lipinski definition) is 3. The van der Waals surface area contributed by atoms with E-state index in [1.807, 2.05) is 48.5 Å². The van der Waals surface area contributed by atoms with E-state index in [0.717, 1.165) is 11.1 Å². The molecule has 0 saturated heterocycles. The van der Waals surface area contributed by atoms with E-state index in [9.17, 15) is 14.0 Å². The second-order valence-corrected chi connectivity index (χ2v) is 7.50. The summed E-state index contributed by atoms with van der Waals surface area (Å²) in [5.74, 6) is -0.327. The summed E-state index contributed by atoms with van der Waals surface area (Å²) < 4.78 is 17.7. The molecule has 3 aromatic carbocycles. The first-order chi connectivity index (χ1) is 15.6. The van der Waals surface area contributed by atoms with Crippen molar-refractivity contribution in [2.45, 2.75) is 13.1 Å². The van der Waals surface area contributed by atoms with Gasteiger partial charge in [0.2, 0.25) is 0 Å². The molecule has 5 rings (SSSR count). The molecule has 0 saturated carbocycles. The number of rotatable bonds is 5. The monoisotopic (exact) mass is 426 g/mol. The summed E-state index contributed by atoms with van der Waals surface area (Å²) in [7, 11) is 0. The average molecular weight is 426 g/mol. The van der Waals surface area contributed by atoms with Crippen LogP contribution >= 0.6 is 0 Å². The fourth-order valence-electron chi connectivity index (χ4n) is 3.80. The number of imidazole rings is 1. The zero-order chi connectivity index (χ0) is 22.1. The normalized spacial score (nSPS) is 11.2. The maximum Gasteiger partial charge on any atom is 0.337 e. The minimum Gasteiger partial charge on any atom is -0.320 e. The van der Waals surface area contributed by atoms with Gasteiger partial charge in [-0.3, -0.25) is 9.36 Å². The molecule has 0 unspecified atom stereocenters. The van der Waals surface area contributed by atoms with E-state index >= 15 is 0 Å². The Labute approximate surface area is 182 Å². The van der Waals surface area contributed by atoms with Gasteiger partial charge in [0.25, 0.3) is 5.56 Å². The summed E-state index contributed by atoms with van der Waals surface area (Å²) in [4.78, 5) is 31.4. The van der Waals surface area contributed by atoms with E-state index in [2.05, 4.69) is 4.98 Å². The molecule has 0 radical (unpaired) electrons. The van der Waals surface area contributed by atoms with Gasteiger partial charge >= 0.3 is 5.69 Å². The van der Waals surface area contributed by atoms with E-state index in [1.165, 1.54) is 21.3 Å². The van der Waals surface area contributed by atoms with Gasteiger partial charge in [-0.25, -0.2) is 18.7 Å². The summed E-state index contributed by atoms with van der Waals surface area (Å²) in [5.41, 5.74) is 2.01. The molecule has 0 amide bonds. The quantitative estimate of drug-likeness (QED) is 0.432. The van der Waals surface area contributed by atoms with Crippen molar-refractivity contribution in [1.29, 1.82) is 0 Å². The number of fused-ring (bicyclic) bond motifs is 1. The van der Waals surface area contributed by atoms with Gasteiger partial charge < -0.3 is 4.57 Å². The lowest BCUT2D eigenvalue weighted by atomic mass is 10.2. The molecule has 0 aliphatic carbocycles. The third-order valence-corrected chi connectivity index (χ3v) is 5.36. The van der Waals surface area contributed by atoms with Crippen LogP contribution in [-0.4, -0.2) is 18.7 Å². The highest BCUT2D eigenvalue weighted by molar-refractivity contribution is 5.72. The molecule has 0 spiro atoms. The van der Waals surface area contributed by atoms with E-state index in [4.69, 9.17) is 0 Å². The first-order valence-corrected chi connectivity index (χ1v) is 10.2. The molecule has 0 atom stereocenters. The van der Waals surface area contributed by atoms with Crippen LogP contribution in [0, 0.1) is 5.82 Å². The summed E-state index contributed by atoms with van der Waals surface area (Å²) in [5, 5.41) is 0. The molecular formula is C25H19FN4O2. The summed E-state index contributed by atoms with van der Waals surface area (Å²) in [6.45, 7) is 0.466. The van der Waals surface area contributed by atoms with Crippen LogP contribution in [0.25, 0.3) is 16.9 Å². The van der Waals surface area contributed by atoms with Gasteiger partial charge in [-0.15, -0.1) is 0 Å². The predicted octanol–water partition coefficient (Wildman–Crippen LogP) is 3.58. The maximum absolute atomic E-state index is 13.5. The van der Waals surface area contributed by atoms with Crippen molar-refractivity contribution in [3.8, 4) is 5.69 Å². The van der Waals surface area contributed by atoms with Crippen molar-refractivity contribution in [3.05, 3.63) is 129 Å². The lowest BCUT2D eigenvalue weighted by Gasteiger charge is -2.13. The van der Waals surface area contributed by atoms with E-state index in [-0.39, 0.29) is 18.0 Å². The van der Waals surface area contributed by atoms with Crippen LogP contribution in [0.1, 0.15) is 11.1 Å². The Bertz CT molecular complexity index is 1500. The summed E-state index contributed by atoms with van der Waals surface area (Å²) >= 11 is 0. The van der Waals surface area contributed by atoms with Gasteiger partial charge in [-0.05, 0) is 35.4 Å². The van der Waals surface area contributed by atoms with Crippen molar-refractivity contribution in [2.24, 2.45) is 0 Å². The van der Waals surface area contributed by atoms with E-state index < -0.39 is 11.2 Å². The SMILES string of the molecule is O=c1c2c(ncn2Cc2ccc(F)cc2)n(-c2ccccc2)c(=O)n1Cc1ccccc1. The van der Waals surface area contributed by atoms with Gasteiger partial charge in [0.1, 0.15) is 5.82 Å². The van der Waals surface area contributed by atoms with Crippen LogP contribution in [0.2, 0.25) is 0 Å². The zero-order valence-corrected chi connectivity index (χ0v) is 17.1. The van der Waals surface area contributed by atoms with E-state index in [0.29, 0.717) is 17.7 Å². The van der Waals surface area contributed by atoms with Gasteiger partial charge in [0, 0.05) is 6.54 Å². The van der Waals surface area contributed by atoms with Crippen LogP contribution in [-0.2, 0) is 13.1 Å². The van der Waals surface area contributed by atoms with Crippen LogP contribution in [0.5, 0.6) is 0 Å². The Morgan fingerprint density at radius 2 is 1.38 bits per heavy atom. The fourth-order valence-corrected chi connectivity index (χ4v) is 3.80. The van der Waals surface area contributed by atoms with Crippen LogP contribution in [0.15, 0.2) is 101 Å². The Hall–Kier alpha value is -4.26. The lowest BCUT2D eigenvalue weighted by Crippen LogP contribution is -2.40. The molecule has 0 fully saturated rings. The van der Waals surface area contributed by atoms with Crippen molar-refractivity contribution in [1.82, 2.24) is 18.7 Å². The molecule has 158 valence electrons. The van der Waals surface area contributed by atoms with Crippen molar-refractivity contribution in [2.75, 3.05) is 0 Å². The second-order valence-electron chi connectivity index (χ2n) is 7.50. The molecule has 7 heteroatoms. The number of benzene rings is 3. The Morgan fingerprint density at radius 3 is 2.06 bits per heavy atom. The molecule has 6 nitrogen and oxygen atoms in total. The minimum atomic E-state index is -0.454. The highest BCUT2D eigenvalue weighted by atomic mass is 19.1. The highest BCUT2D eigenvalue weighted by Gasteiger charge is 2.19. The maximum atomic E-state index is 13.5. The predicted molar refractivity (Wildman–Crippen MR) is 121 cm³/mol. The van der Waals surface area contributed by atoms with Crippen LogP contribution in [0.3, 0.4) is 0 Å². The largest absolute Gasteiger partial charge is 0.337 e. The molecule has 0 aliphatic rings. The average Bonchev–Trinajstić information content (AvgIpc) is 3.23. The van der Waals surface area contributed by atoms with Gasteiger partial charge in [-0.1, -0.05) is 60.7 Å². The molecule has 32 heavy (non-hydrogen) atoms. The van der Waals surface area contributed by atoms with Crippen molar-refractivity contribution in [3.63, 3.8) is 0 Å². The smallest absolute Gasteiger partial charge is 0.320 e. The van der Waals surface area contributed by atoms with Gasteiger partial charge in [0.05, 0.1) is 18.6 Å². The van der Waals surface area contributed by atoms with Crippen molar-refractivity contribution >= 4 is 11.2 Å². The molecule has 0 bridgehead atoms. The molecule has 5 aromatic rings. The highest BCUT2D eigenvalue weighted by Crippen LogP contribution is 2.15. The zero-order valence-electron chi connectivity index (χ0n) is 17.1. The van der Waals surface area contributed by atoms with Gasteiger partial charge in [0.15, 0.2) is 11.2 Å². The Kier molecular flexibility index (Phi) is 4.99. The number of hydrogen-bond donors (Lipinski definition) is 0. The third kappa shape index (κ3) is 3.54. The summed E-state index contributed by atoms with van der Waals surface area (Å²) in [6.07, 6.45) is 1.54. The number of para-hydroxylation sites is 1. The number of halogens is 1. The second kappa shape index (κ2) is 8.11. The topological polar surface area (TPSA) is 61.8 Å². The summed E-state index contributed by atoms with van der Waals surface area (Å²) in [6, 6.07) is 24.6. The minimum absolute atomic E-state index is 0.142. The molecular weight excluding hydrogens is 407 g/mol. The van der Waals surface area contributed by atoms with Crippen molar-refractivity contribution < 1.29 is 4.39 Å². The van der Waals surface area contributed by atoms with E-state index in [1.54, 1.807) is 35.2 Å². The van der Waals surface area contributed by atoms with Crippen LogP contribution in [0.4, 0.5) is 4.39 Å². The molecule has 0 N–H and O–H groups in total. The van der Waals surface area contributed by atoms with Crippen LogP contribution < -0.4 is 11.2 Å². The standard InChI is InChI=1S/C25H19FN4O2/c26-20-13-11-19(12-14-20)15-28-17-27-23-22(28)24(31)29(16-18-7-3-1-4-8-18)25(32)30(23)21-9-5-2-6-10-21/h1-14,17H,15-16H2. The fraction of sp³-hybridized carbons (Fsp3) is 0.0800. The number of nitrogens with zero attached hydrogens (tertiary/aromatic N) is 4.